The molecule has 31 heavy (non-hydrogen) atoms. The van der Waals surface area contributed by atoms with Crippen LogP contribution in [0.2, 0.25) is 0 Å². The van der Waals surface area contributed by atoms with Crippen molar-refractivity contribution in [3.63, 3.8) is 0 Å². The minimum atomic E-state index is -0.711. The van der Waals surface area contributed by atoms with E-state index in [9.17, 15) is 14.7 Å². The van der Waals surface area contributed by atoms with Gasteiger partial charge in [0, 0.05) is 19.5 Å². The van der Waals surface area contributed by atoms with Crippen molar-refractivity contribution in [1.82, 2.24) is 14.8 Å². The van der Waals surface area contributed by atoms with Crippen molar-refractivity contribution in [2.24, 2.45) is 11.1 Å². The van der Waals surface area contributed by atoms with Gasteiger partial charge in [0.2, 0.25) is 12.3 Å². The fraction of sp³-hybridized carbons (Fsp3) is 0.522. The Hall–Kier alpha value is -2.29. The van der Waals surface area contributed by atoms with Gasteiger partial charge in [-0.15, -0.1) is 11.3 Å². The number of benzene rings is 1. The Morgan fingerprint density at radius 3 is 2.68 bits per heavy atom. The van der Waals surface area contributed by atoms with Crippen LogP contribution in [0, 0.1) is 19.3 Å². The van der Waals surface area contributed by atoms with Gasteiger partial charge in [0.15, 0.2) is 0 Å². The number of hydrogen-bond donors (Lipinski definition) is 2. The molecule has 2 aromatic rings. The van der Waals surface area contributed by atoms with Gasteiger partial charge in [0.05, 0.1) is 28.2 Å². The molecule has 168 valence electrons. The maximum Gasteiger partial charge on any atom is 0.241 e. The summed E-state index contributed by atoms with van der Waals surface area (Å²) >= 11 is 1.60. The molecule has 3 rings (SSSR count). The van der Waals surface area contributed by atoms with Gasteiger partial charge in [-0.05, 0) is 36.0 Å². The van der Waals surface area contributed by atoms with Crippen LogP contribution < -0.4 is 5.73 Å². The van der Waals surface area contributed by atoms with Crippen LogP contribution in [0.25, 0.3) is 10.4 Å². The second kappa shape index (κ2) is 9.06. The minimum Gasteiger partial charge on any atom is -0.391 e. The molecule has 3 N–H and O–H groups in total. The van der Waals surface area contributed by atoms with Crippen LogP contribution in [-0.2, 0) is 16.1 Å². The molecule has 0 aliphatic carbocycles. The lowest BCUT2D eigenvalue weighted by molar-refractivity contribution is -0.141. The highest BCUT2D eigenvalue weighted by Gasteiger charge is 2.41. The summed E-state index contributed by atoms with van der Waals surface area (Å²) in [5, 5.41) is 10.3. The van der Waals surface area contributed by atoms with Crippen LogP contribution in [0.15, 0.2) is 23.7 Å². The topological polar surface area (TPSA) is 99.8 Å². The van der Waals surface area contributed by atoms with E-state index in [-0.39, 0.29) is 12.5 Å². The summed E-state index contributed by atoms with van der Waals surface area (Å²) in [6.45, 7) is 10.3. The first kappa shape index (κ1) is 23.4. The van der Waals surface area contributed by atoms with Gasteiger partial charge >= 0.3 is 0 Å². The average Bonchev–Trinajstić information content (AvgIpc) is 3.30. The molecular formula is C23H32N4O3S. The first-order valence-electron chi connectivity index (χ1n) is 10.5. The molecule has 2 heterocycles. The van der Waals surface area contributed by atoms with Gasteiger partial charge in [-0.25, -0.2) is 4.98 Å². The lowest BCUT2D eigenvalue weighted by Gasteiger charge is -2.36. The monoisotopic (exact) mass is 444 g/mol. The second-order valence-electron chi connectivity index (χ2n) is 9.39. The molecule has 1 saturated heterocycles. The van der Waals surface area contributed by atoms with Crippen molar-refractivity contribution in [2.75, 3.05) is 6.54 Å². The Morgan fingerprint density at radius 2 is 2.13 bits per heavy atom. The summed E-state index contributed by atoms with van der Waals surface area (Å²) in [6, 6.07) is 5.44. The van der Waals surface area contributed by atoms with Crippen molar-refractivity contribution in [3.05, 3.63) is 40.5 Å². The number of nitrogens with two attached hydrogens (primary N) is 1. The first-order chi connectivity index (χ1) is 14.5. The summed E-state index contributed by atoms with van der Waals surface area (Å²) in [7, 11) is 0. The van der Waals surface area contributed by atoms with Gasteiger partial charge in [0.1, 0.15) is 6.17 Å². The van der Waals surface area contributed by atoms with Gasteiger partial charge in [-0.2, -0.15) is 0 Å². The third-order valence-corrected chi connectivity index (χ3v) is 6.93. The highest BCUT2D eigenvalue weighted by atomic mass is 32.1. The number of carbonyl (C=O) groups is 2. The molecule has 0 radical (unpaired) electrons. The van der Waals surface area contributed by atoms with Crippen LogP contribution in [0.5, 0.6) is 0 Å². The van der Waals surface area contributed by atoms with Crippen molar-refractivity contribution in [3.8, 4) is 10.4 Å². The number of likely N-dealkylation sites (tertiary alicyclic amines) is 1. The number of carbonyl (C=O) groups excluding carboxylic acids is 2. The van der Waals surface area contributed by atoms with E-state index in [0.717, 1.165) is 33.7 Å². The van der Waals surface area contributed by atoms with Crippen LogP contribution in [0.3, 0.4) is 0 Å². The van der Waals surface area contributed by atoms with Gasteiger partial charge in [-0.1, -0.05) is 39.0 Å². The standard InChI is InChI=1S/C23H32N4O3S/c1-14-8-16(20-15(2)25-12-31-20)6-7-17(14)10-26(13-28)19-9-18(29)11-27(19)22(30)21(24)23(3,4)5/h6-8,12-13,18-19,21,29H,9-11,24H2,1-5H3/t18-,19+,21-/m1/s1. The fourth-order valence-corrected chi connectivity index (χ4v) is 4.70. The van der Waals surface area contributed by atoms with Crippen molar-refractivity contribution < 1.29 is 14.7 Å². The van der Waals surface area contributed by atoms with E-state index in [1.807, 2.05) is 52.3 Å². The van der Waals surface area contributed by atoms with Crippen LogP contribution in [0.1, 0.15) is 44.0 Å². The molecule has 0 spiro atoms. The lowest BCUT2D eigenvalue weighted by Crippen LogP contribution is -2.55. The molecule has 0 unspecified atom stereocenters. The minimum absolute atomic E-state index is 0.181. The average molecular weight is 445 g/mol. The highest BCUT2D eigenvalue weighted by Crippen LogP contribution is 2.30. The largest absolute Gasteiger partial charge is 0.391 e. The summed E-state index contributed by atoms with van der Waals surface area (Å²) in [5.74, 6) is -0.242. The molecule has 7 nitrogen and oxygen atoms in total. The molecule has 1 aromatic heterocycles. The Labute approximate surface area is 187 Å². The number of aryl methyl sites for hydroxylation is 2. The molecule has 8 heteroatoms. The number of aliphatic hydroxyl groups excluding tert-OH is 1. The highest BCUT2D eigenvalue weighted by molar-refractivity contribution is 7.13. The Balaban J connectivity index is 1.82. The zero-order valence-electron chi connectivity index (χ0n) is 18.8. The molecule has 1 aliphatic rings. The fourth-order valence-electron chi connectivity index (χ4n) is 3.90. The number of nitrogens with zero attached hydrogens (tertiary/aromatic N) is 3. The molecule has 1 aliphatic heterocycles. The van der Waals surface area contributed by atoms with Crippen molar-refractivity contribution in [2.45, 2.75) is 65.9 Å². The summed E-state index contributed by atoms with van der Waals surface area (Å²) < 4.78 is 0. The smallest absolute Gasteiger partial charge is 0.241 e. The summed E-state index contributed by atoms with van der Waals surface area (Å²) in [4.78, 5) is 33.6. The Kier molecular flexibility index (Phi) is 6.83. The molecule has 0 saturated carbocycles. The molecule has 2 amide bonds. The quantitative estimate of drug-likeness (QED) is 0.668. The SMILES string of the molecule is Cc1cc(-c2scnc2C)ccc1CN(C=O)[C@@H]1C[C@@H](O)CN1C(=O)[C@@H](N)C(C)(C)C. The van der Waals surface area contributed by atoms with E-state index in [1.54, 1.807) is 21.1 Å². The number of thiazole rings is 1. The number of β-amino-alcohol motifs (C(OH)–C–C–N with tert-alkyl or cyclic N) is 1. The number of amides is 2. The summed E-state index contributed by atoms with van der Waals surface area (Å²) in [6.07, 6.45) is -0.122. The van der Waals surface area contributed by atoms with Crippen LogP contribution in [0.4, 0.5) is 0 Å². The van der Waals surface area contributed by atoms with Crippen molar-refractivity contribution in [1.29, 1.82) is 0 Å². The zero-order valence-corrected chi connectivity index (χ0v) is 19.6. The van der Waals surface area contributed by atoms with E-state index in [1.165, 1.54) is 0 Å². The number of hydrogen-bond acceptors (Lipinski definition) is 6. The molecule has 0 bridgehead atoms. The predicted molar refractivity (Wildman–Crippen MR) is 122 cm³/mol. The first-order valence-corrected chi connectivity index (χ1v) is 11.4. The van der Waals surface area contributed by atoms with E-state index in [2.05, 4.69) is 11.1 Å². The molecule has 3 atom stereocenters. The van der Waals surface area contributed by atoms with Crippen LogP contribution >= 0.6 is 11.3 Å². The normalized spacial score (nSPS) is 20.0. The maximum atomic E-state index is 13.0. The van der Waals surface area contributed by atoms with Gasteiger partial charge in [-0.3, -0.25) is 9.59 Å². The third-order valence-electron chi connectivity index (χ3n) is 5.95. The number of aromatic nitrogens is 1. The van der Waals surface area contributed by atoms with Crippen LogP contribution in [-0.4, -0.2) is 57.1 Å². The molecule has 1 aromatic carbocycles. The predicted octanol–water partition coefficient (Wildman–Crippen LogP) is 2.68. The number of rotatable bonds is 6. The second-order valence-corrected chi connectivity index (χ2v) is 10.2. The molecule has 1 fully saturated rings. The molecular weight excluding hydrogens is 412 g/mol. The zero-order chi connectivity index (χ0) is 22.9. The maximum absolute atomic E-state index is 13.0. The summed E-state index contributed by atoms with van der Waals surface area (Å²) in [5.41, 5.74) is 11.8. The van der Waals surface area contributed by atoms with Gasteiger partial charge < -0.3 is 20.6 Å². The van der Waals surface area contributed by atoms with E-state index in [0.29, 0.717) is 13.0 Å². The van der Waals surface area contributed by atoms with Gasteiger partial charge in [0.25, 0.3) is 0 Å². The third kappa shape index (κ3) is 4.97. The van der Waals surface area contributed by atoms with E-state index < -0.39 is 23.7 Å². The lowest BCUT2D eigenvalue weighted by atomic mass is 9.86. The van der Waals surface area contributed by atoms with E-state index in [4.69, 9.17) is 5.73 Å². The Morgan fingerprint density at radius 1 is 1.42 bits per heavy atom. The van der Waals surface area contributed by atoms with Crippen molar-refractivity contribution >= 4 is 23.7 Å². The number of aliphatic hydroxyl groups is 1. The van der Waals surface area contributed by atoms with E-state index >= 15 is 0 Å². The Bertz CT molecular complexity index is 953.